The summed E-state index contributed by atoms with van der Waals surface area (Å²) in [5, 5.41) is 0. The zero-order valence-corrected chi connectivity index (χ0v) is 29.0. The average Bonchev–Trinajstić information content (AvgIpc) is 3.89. The molecule has 0 saturated heterocycles. The van der Waals surface area contributed by atoms with E-state index in [0.29, 0.717) is 23.1 Å². The smallest absolute Gasteiger partial charge is 0.224 e. The van der Waals surface area contributed by atoms with Gasteiger partial charge >= 0.3 is 0 Å². The van der Waals surface area contributed by atoms with Crippen molar-refractivity contribution in [2.75, 3.05) is 0 Å². The molecule has 0 aliphatic heterocycles. The fourth-order valence-electron chi connectivity index (χ4n) is 7.78. The van der Waals surface area contributed by atoms with Gasteiger partial charge in [0.2, 0.25) is 17.7 Å². The number of allylic oxidation sites excluding steroid dienone is 3. The molecule has 6 N–H and O–H groups in total. The lowest BCUT2D eigenvalue weighted by Gasteiger charge is -2.22. The van der Waals surface area contributed by atoms with Crippen LogP contribution in [-0.4, -0.2) is 17.7 Å². The largest absolute Gasteiger partial charge is 0.369 e. The summed E-state index contributed by atoms with van der Waals surface area (Å²) < 4.78 is 115. The number of hydrogen-bond acceptors (Lipinski definition) is 3. The van der Waals surface area contributed by atoms with Gasteiger partial charge in [-0.15, -0.1) is 0 Å². The minimum absolute atomic E-state index is 0. The number of rotatable bonds is 3. The Bertz CT molecular complexity index is 2710. The molecule has 9 rings (SSSR count). The Morgan fingerprint density at radius 3 is 1.56 bits per heavy atom. The van der Waals surface area contributed by atoms with Crippen LogP contribution >= 0.6 is 0 Å². The van der Waals surface area contributed by atoms with Gasteiger partial charge in [-0.1, -0.05) is 78.7 Å². The van der Waals surface area contributed by atoms with Crippen LogP contribution in [0.2, 0.25) is 0 Å². The van der Waals surface area contributed by atoms with Crippen LogP contribution in [0.4, 0.5) is 0 Å². The van der Waals surface area contributed by atoms with E-state index in [1.54, 1.807) is 31.2 Å². The second-order valence-electron chi connectivity index (χ2n) is 13.8. The molecule has 0 aromatic heterocycles. The average molecular weight is 712 g/mol. The number of amides is 3. The lowest BCUT2D eigenvalue weighted by molar-refractivity contribution is -0.121. The second-order valence-corrected chi connectivity index (χ2v) is 13.8. The van der Waals surface area contributed by atoms with Gasteiger partial charge in [0.1, 0.15) is 0 Å². The summed E-state index contributed by atoms with van der Waals surface area (Å²) in [4.78, 5) is 35.5. The summed E-state index contributed by atoms with van der Waals surface area (Å²) in [6.07, 6.45) is -13.7. The third-order valence-corrected chi connectivity index (χ3v) is 10.2. The first-order valence-electron chi connectivity index (χ1n) is 24.1. The van der Waals surface area contributed by atoms with Crippen LogP contribution < -0.4 is 17.2 Å². The zero-order chi connectivity index (χ0) is 48.6. The predicted molar refractivity (Wildman–Crippen MR) is 212 cm³/mol. The van der Waals surface area contributed by atoms with Crippen LogP contribution in [0.1, 0.15) is 134 Å². The Balaban J connectivity index is 0.000000164. The molecule has 3 amide bonds. The van der Waals surface area contributed by atoms with Crippen molar-refractivity contribution in [3.8, 4) is 0 Å². The quantitative estimate of drug-likeness (QED) is 0.252. The first kappa shape index (κ1) is 23.1. The molecule has 6 heteroatoms. The highest BCUT2D eigenvalue weighted by atomic mass is 16.2. The number of aryl methyl sites for hydroxylation is 3. The molecule has 272 valence electrons. The van der Waals surface area contributed by atoms with Gasteiger partial charge in [-0.2, -0.15) is 0 Å². The van der Waals surface area contributed by atoms with Crippen LogP contribution in [0.5, 0.6) is 0 Å². The van der Waals surface area contributed by atoms with E-state index in [-0.39, 0.29) is 42.6 Å². The number of fused-ring (bicyclic) bond motifs is 6. The monoisotopic (exact) mass is 712 g/mol. The molecular formula is C46H55N3O3. The maximum absolute atomic E-state index is 12.0. The first-order valence-corrected chi connectivity index (χ1v) is 17.1. The van der Waals surface area contributed by atoms with Gasteiger partial charge in [0.05, 0.1) is 17.7 Å². The van der Waals surface area contributed by atoms with Crippen LogP contribution in [0.15, 0.2) is 71.3 Å². The molecular weight excluding hydrogens is 643 g/mol. The standard InChI is InChI=1S/3C15H17NO.CH4/c3*1-9-5-6-10-8-14-11(13(10)7-9)3-2-4-12(14)15(16)17;/h3*5-7,12H,2-4,8H2,1H3,(H2,16,17);1H4/i2D2,3D2,4D2,12D;2D2,3D2,4D2;12D;. The fourth-order valence-corrected chi connectivity index (χ4v) is 7.78. The number of primary amides is 3. The Hall–Kier alpha value is -4.71. The van der Waals surface area contributed by atoms with Crippen molar-refractivity contribution < 1.29 is 33.6 Å². The van der Waals surface area contributed by atoms with Crippen LogP contribution in [0, 0.1) is 38.5 Å². The van der Waals surface area contributed by atoms with Crippen LogP contribution in [0.25, 0.3) is 16.7 Å². The van der Waals surface area contributed by atoms with E-state index in [0.717, 1.165) is 41.5 Å². The highest BCUT2D eigenvalue weighted by Gasteiger charge is 2.35. The molecule has 3 aromatic carbocycles. The van der Waals surface area contributed by atoms with Crippen molar-refractivity contribution in [3.05, 3.63) is 121 Å². The molecule has 6 nitrogen and oxygen atoms in total. The fraction of sp³-hybridized carbons (Fsp3) is 0.413. The summed E-state index contributed by atoms with van der Waals surface area (Å²) in [6, 6.07) is 17.0. The van der Waals surface area contributed by atoms with E-state index in [4.69, 9.17) is 36.4 Å². The van der Waals surface area contributed by atoms with Crippen molar-refractivity contribution >= 4 is 34.4 Å². The molecule has 3 aromatic rings. The van der Waals surface area contributed by atoms with Crippen molar-refractivity contribution in [2.24, 2.45) is 34.9 Å². The molecule has 0 saturated carbocycles. The summed E-state index contributed by atoms with van der Waals surface area (Å²) in [5.74, 6) is -8.12. The van der Waals surface area contributed by atoms with E-state index in [9.17, 15) is 14.4 Å². The van der Waals surface area contributed by atoms with Crippen molar-refractivity contribution in [3.63, 3.8) is 0 Å². The number of nitrogens with two attached hydrogens (primary N) is 3. The molecule has 3 atom stereocenters. The van der Waals surface area contributed by atoms with Gasteiger partial charge in [-0.3, -0.25) is 14.4 Å². The Kier molecular flexibility index (Phi) is 6.70. The summed E-state index contributed by atoms with van der Waals surface area (Å²) in [6.45, 7) is 5.72. The van der Waals surface area contributed by atoms with Gasteiger partial charge < -0.3 is 17.2 Å². The molecule has 0 heterocycles. The number of hydrogen-bond donors (Lipinski definition) is 3. The SMILES string of the molecule is C.[2H]C1(C(N)=O)CCCC2=C1Cc1ccc(C)cc12.[2H]C1([2H])C2=C(Cc3ccc(C)cc32)C(C(N)=O)C([2H])([2H])C1([2H])[2H].[2H]C1([2H])C2=C(Cc3ccc(C)cc32)C([2H])(C(N)=O)C([2H])([2H])C1([2H])[2H]. The zero-order valence-electron chi connectivity index (χ0n) is 43.0. The van der Waals surface area contributed by atoms with Crippen LogP contribution in [0.3, 0.4) is 0 Å². The van der Waals surface area contributed by atoms with E-state index < -0.39 is 73.7 Å². The van der Waals surface area contributed by atoms with Gasteiger partial charge in [-0.05, 0) is 164 Å². The third-order valence-electron chi connectivity index (χ3n) is 10.2. The lowest BCUT2D eigenvalue weighted by atomic mass is 9.82. The van der Waals surface area contributed by atoms with E-state index in [2.05, 4.69) is 25.1 Å². The van der Waals surface area contributed by atoms with Gasteiger partial charge in [0.15, 0.2) is 0 Å². The third kappa shape index (κ3) is 7.05. The summed E-state index contributed by atoms with van der Waals surface area (Å²) in [5.41, 5.74) is 26.2. The highest BCUT2D eigenvalue weighted by Crippen LogP contribution is 2.46. The van der Waals surface area contributed by atoms with E-state index >= 15 is 0 Å². The number of benzene rings is 3. The molecule has 0 radical (unpaired) electrons. The molecule has 6 aliphatic rings. The maximum atomic E-state index is 12.0. The summed E-state index contributed by atoms with van der Waals surface area (Å²) in [7, 11) is 0. The number of carbonyl (C=O) groups excluding carboxylic acids is 3. The van der Waals surface area contributed by atoms with Gasteiger partial charge in [0, 0.05) is 19.2 Å². The maximum Gasteiger partial charge on any atom is 0.224 e. The molecule has 0 fully saturated rings. The second kappa shape index (κ2) is 15.1. The topological polar surface area (TPSA) is 129 Å². The predicted octanol–water partition coefficient (Wildman–Crippen LogP) is 8.41. The van der Waals surface area contributed by atoms with E-state index in [1.807, 2.05) is 19.1 Å². The Morgan fingerprint density at radius 2 is 1.06 bits per heavy atom. The van der Waals surface area contributed by atoms with Crippen LogP contribution in [-0.2, 0) is 33.6 Å². The highest BCUT2D eigenvalue weighted by molar-refractivity contribution is 5.89. The number of carbonyl (C=O) groups is 3. The van der Waals surface area contributed by atoms with E-state index in [1.165, 1.54) is 22.3 Å². The van der Waals surface area contributed by atoms with Gasteiger partial charge in [-0.25, -0.2) is 0 Å². The first-order chi connectivity index (χ1) is 29.7. The Labute approximate surface area is 329 Å². The molecule has 3 unspecified atom stereocenters. The Morgan fingerprint density at radius 1 is 0.615 bits per heavy atom. The molecule has 52 heavy (non-hydrogen) atoms. The molecule has 0 bridgehead atoms. The normalized spacial score (nSPS) is 34.5. The van der Waals surface area contributed by atoms with Crippen molar-refractivity contribution in [1.82, 2.24) is 0 Å². The van der Waals surface area contributed by atoms with Crippen molar-refractivity contribution in [2.45, 2.75) is 105 Å². The minimum Gasteiger partial charge on any atom is -0.369 e. The summed E-state index contributed by atoms with van der Waals surface area (Å²) >= 11 is 0. The molecule has 6 aliphatic carbocycles. The molecule has 0 spiro atoms. The minimum atomic E-state index is -3.12. The van der Waals surface area contributed by atoms with Crippen molar-refractivity contribution in [1.29, 1.82) is 0 Å². The lowest BCUT2D eigenvalue weighted by Crippen LogP contribution is -2.27. The van der Waals surface area contributed by atoms with Gasteiger partial charge in [0.25, 0.3) is 0 Å².